The van der Waals surface area contributed by atoms with Crippen molar-refractivity contribution in [3.05, 3.63) is 65.5 Å². The van der Waals surface area contributed by atoms with Gasteiger partial charge in [0.15, 0.2) is 0 Å². The Morgan fingerprint density at radius 3 is 2.20 bits per heavy atom. The van der Waals surface area contributed by atoms with Gasteiger partial charge in [-0.15, -0.1) is 0 Å². The first-order chi connectivity index (χ1) is 9.63. The molecule has 1 unspecified atom stereocenters. The van der Waals surface area contributed by atoms with E-state index < -0.39 is 0 Å². The lowest BCUT2D eigenvalue weighted by molar-refractivity contribution is 0.306. The minimum absolute atomic E-state index is 0.226. The third-order valence-electron chi connectivity index (χ3n) is 3.13. The Hall–Kier alpha value is -1.87. The van der Waals surface area contributed by atoms with Gasteiger partial charge in [-0.05, 0) is 55.2 Å². The summed E-state index contributed by atoms with van der Waals surface area (Å²) in [5, 5.41) is 0. The molecule has 2 aromatic carbocycles. The van der Waals surface area contributed by atoms with E-state index in [9.17, 15) is 4.39 Å². The van der Waals surface area contributed by atoms with Gasteiger partial charge in [0.1, 0.15) is 18.2 Å². The molecule has 2 aromatic rings. The van der Waals surface area contributed by atoms with Gasteiger partial charge in [-0.2, -0.15) is 0 Å². The Balaban J connectivity index is 1.85. The Morgan fingerprint density at radius 1 is 1.00 bits per heavy atom. The largest absolute Gasteiger partial charge is 0.489 e. The summed E-state index contributed by atoms with van der Waals surface area (Å²) >= 11 is 0. The van der Waals surface area contributed by atoms with Gasteiger partial charge >= 0.3 is 0 Å². The molecular weight excluding hydrogens is 253 g/mol. The molecule has 0 spiro atoms. The molecule has 0 bridgehead atoms. The Kier molecular flexibility index (Phi) is 5.13. The third kappa shape index (κ3) is 4.67. The fourth-order valence-corrected chi connectivity index (χ4v) is 1.89. The molecule has 106 valence electrons. The molecule has 0 saturated carbocycles. The number of hydrogen-bond donors (Lipinski definition) is 1. The quantitative estimate of drug-likeness (QED) is 0.871. The second-order valence-corrected chi connectivity index (χ2v) is 5.08. The number of benzene rings is 2. The summed E-state index contributed by atoms with van der Waals surface area (Å²) in [4.78, 5) is 0. The van der Waals surface area contributed by atoms with Crippen molar-refractivity contribution in [2.45, 2.75) is 32.4 Å². The first-order valence-corrected chi connectivity index (χ1v) is 6.85. The molecule has 0 heterocycles. The smallest absolute Gasteiger partial charge is 0.123 e. The summed E-state index contributed by atoms with van der Waals surface area (Å²) < 4.78 is 18.4. The van der Waals surface area contributed by atoms with Gasteiger partial charge in [0.05, 0.1) is 0 Å². The molecule has 0 fully saturated rings. The van der Waals surface area contributed by atoms with E-state index in [1.807, 2.05) is 19.1 Å². The Labute approximate surface area is 119 Å². The topological polar surface area (TPSA) is 35.2 Å². The molecular formula is C17H20FNO. The fraction of sp³-hybridized carbons (Fsp3) is 0.294. The van der Waals surface area contributed by atoms with Gasteiger partial charge in [-0.1, -0.05) is 24.3 Å². The lowest BCUT2D eigenvalue weighted by Crippen LogP contribution is -2.15. The van der Waals surface area contributed by atoms with Crippen molar-refractivity contribution in [2.24, 2.45) is 5.73 Å². The number of halogens is 1. The molecule has 2 rings (SSSR count). The van der Waals surface area contributed by atoms with Crippen molar-refractivity contribution >= 4 is 0 Å². The standard InChI is InChI=1S/C17H20FNO/c1-13(19)2-3-14-6-10-17(11-7-14)20-12-15-4-8-16(18)9-5-15/h4-11,13H,2-3,12,19H2,1H3. The van der Waals surface area contributed by atoms with Crippen LogP contribution in [0.3, 0.4) is 0 Å². The van der Waals surface area contributed by atoms with E-state index in [4.69, 9.17) is 10.5 Å². The van der Waals surface area contributed by atoms with Crippen molar-refractivity contribution in [3.8, 4) is 5.75 Å². The van der Waals surface area contributed by atoms with Crippen molar-refractivity contribution in [3.63, 3.8) is 0 Å². The number of hydrogen-bond acceptors (Lipinski definition) is 2. The second-order valence-electron chi connectivity index (χ2n) is 5.08. The van der Waals surface area contributed by atoms with Crippen LogP contribution in [0.2, 0.25) is 0 Å². The molecule has 0 saturated heterocycles. The van der Waals surface area contributed by atoms with E-state index in [2.05, 4.69) is 12.1 Å². The molecule has 0 aromatic heterocycles. The van der Waals surface area contributed by atoms with Crippen LogP contribution in [-0.4, -0.2) is 6.04 Å². The van der Waals surface area contributed by atoms with E-state index in [0.717, 1.165) is 24.2 Å². The monoisotopic (exact) mass is 273 g/mol. The van der Waals surface area contributed by atoms with Crippen LogP contribution >= 0.6 is 0 Å². The van der Waals surface area contributed by atoms with Crippen LogP contribution in [0.4, 0.5) is 4.39 Å². The minimum Gasteiger partial charge on any atom is -0.489 e. The number of rotatable bonds is 6. The predicted octanol–water partition coefficient (Wildman–Crippen LogP) is 3.68. The van der Waals surface area contributed by atoms with Crippen molar-refractivity contribution in [1.29, 1.82) is 0 Å². The molecule has 3 heteroatoms. The zero-order valence-electron chi connectivity index (χ0n) is 11.7. The Bertz CT molecular complexity index is 520. The summed E-state index contributed by atoms with van der Waals surface area (Å²) in [5.74, 6) is 0.589. The zero-order chi connectivity index (χ0) is 14.4. The first-order valence-electron chi connectivity index (χ1n) is 6.85. The molecule has 2 N–H and O–H groups in total. The average Bonchev–Trinajstić information content (AvgIpc) is 2.45. The molecule has 1 atom stereocenters. The molecule has 0 aliphatic heterocycles. The van der Waals surface area contributed by atoms with Crippen LogP contribution in [0.5, 0.6) is 5.75 Å². The maximum Gasteiger partial charge on any atom is 0.123 e. The van der Waals surface area contributed by atoms with Gasteiger partial charge in [0, 0.05) is 6.04 Å². The minimum atomic E-state index is -0.229. The zero-order valence-corrected chi connectivity index (χ0v) is 11.7. The van der Waals surface area contributed by atoms with E-state index in [1.54, 1.807) is 12.1 Å². The highest BCUT2D eigenvalue weighted by Crippen LogP contribution is 2.15. The molecule has 0 aliphatic rings. The number of aryl methyl sites for hydroxylation is 1. The van der Waals surface area contributed by atoms with Gasteiger partial charge in [-0.25, -0.2) is 4.39 Å². The average molecular weight is 273 g/mol. The second kappa shape index (κ2) is 7.06. The van der Waals surface area contributed by atoms with Crippen LogP contribution in [0, 0.1) is 5.82 Å². The SMILES string of the molecule is CC(N)CCc1ccc(OCc2ccc(F)cc2)cc1. The summed E-state index contributed by atoms with van der Waals surface area (Å²) in [6.07, 6.45) is 1.96. The summed E-state index contributed by atoms with van der Waals surface area (Å²) in [6, 6.07) is 14.6. The van der Waals surface area contributed by atoms with E-state index in [1.165, 1.54) is 17.7 Å². The van der Waals surface area contributed by atoms with E-state index in [-0.39, 0.29) is 11.9 Å². The summed E-state index contributed by atoms with van der Waals surface area (Å²) in [6.45, 7) is 2.46. The van der Waals surface area contributed by atoms with Crippen molar-refractivity contribution in [2.75, 3.05) is 0 Å². The van der Waals surface area contributed by atoms with E-state index in [0.29, 0.717) is 6.61 Å². The normalized spacial score (nSPS) is 12.2. The number of ether oxygens (including phenoxy) is 1. The fourth-order valence-electron chi connectivity index (χ4n) is 1.89. The van der Waals surface area contributed by atoms with Crippen molar-refractivity contribution in [1.82, 2.24) is 0 Å². The lowest BCUT2D eigenvalue weighted by atomic mass is 10.1. The summed E-state index contributed by atoms with van der Waals surface area (Å²) in [7, 11) is 0. The molecule has 0 amide bonds. The van der Waals surface area contributed by atoms with Crippen molar-refractivity contribution < 1.29 is 9.13 Å². The summed E-state index contributed by atoms with van der Waals surface area (Å²) in [5.41, 5.74) is 7.95. The van der Waals surface area contributed by atoms with Crippen LogP contribution < -0.4 is 10.5 Å². The maximum atomic E-state index is 12.8. The molecule has 0 aliphatic carbocycles. The van der Waals surface area contributed by atoms with Crippen LogP contribution in [0.1, 0.15) is 24.5 Å². The molecule has 0 radical (unpaired) electrons. The third-order valence-corrected chi connectivity index (χ3v) is 3.13. The maximum absolute atomic E-state index is 12.8. The van der Waals surface area contributed by atoms with Gasteiger partial charge < -0.3 is 10.5 Å². The molecule has 20 heavy (non-hydrogen) atoms. The Morgan fingerprint density at radius 2 is 1.60 bits per heavy atom. The highest BCUT2D eigenvalue weighted by Gasteiger charge is 1.99. The van der Waals surface area contributed by atoms with Crippen LogP contribution in [0.25, 0.3) is 0 Å². The highest BCUT2D eigenvalue weighted by molar-refractivity contribution is 5.28. The highest BCUT2D eigenvalue weighted by atomic mass is 19.1. The van der Waals surface area contributed by atoms with Gasteiger partial charge in [0.25, 0.3) is 0 Å². The van der Waals surface area contributed by atoms with Crippen LogP contribution in [-0.2, 0) is 13.0 Å². The van der Waals surface area contributed by atoms with Gasteiger partial charge in [-0.3, -0.25) is 0 Å². The predicted molar refractivity (Wildman–Crippen MR) is 79.1 cm³/mol. The molecule has 2 nitrogen and oxygen atoms in total. The number of nitrogens with two attached hydrogens (primary N) is 1. The lowest BCUT2D eigenvalue weighted by Gasteiger charge is -2.08. The van der Waals surface area contributed by atoms with E-state index >= 15 is 0 Å². The van der Waals surface area contributed by atoms with Gasteiger partial charge in [0.2, 0.25) is 0 Å². The van der Waals surface area contributed by atoms with Crippen LogP contribution in [0.15, 0.2) is 48.5 Å². The first kappa shape index (κ1) is 14.5.